The van der Waals surface area contributed by atoms with Gasteiger partial charge in [0, 0.05) is 31.7 Å². The minimum Gasteiger partial charge on any atom is -0.459 e. The number of furan rings is 1. The van der Waals surface area contributed by atoms with E-state index in [0.717, 1.165) is 6.26 Å². The lowest BCUT2D eigenvalue weighted by molar-refractivity contribution is 0.0731. The van der Waals surface area contributed by atoms with Crippen LogP contribution in [0.2, 0.25) is 0 Å². The zero-order valence-electron chi connectivity index (χ0n) is 15.4. The van der Waals surface area contributed by atoms with Crippen molar-refractivity contribution in [3.05, 3.63) is 54.0 Å². The fraction of sp³-hybridized carbons (Fsp3) is 0.389. The summed E-state index contributed by atoms with van der Waals surface area (Å²) in [6.45, 7) is 1.13. The summed E-state index contributed by atoms with van der Waals surface area (Å²) in [4.78, 5) is 14.6. The van der Waals surface area contributed by atoms with Gasteiger partial charge in [-0.05, 0) is 24.6 Å². The molecule has 0 atom stereocenters. The number of nitrogens with zero attached hydrogens (tertiary/aromatic N) is 2. The highest BCUT2D eigenvalue weighted by Crippen LogP contribution is 2.22. The molecule has 152 valence electrons. The highest BCUT2D eigenvalue weighted by Gasteiger charge is 2.28. The molecular weight excluding hydrogens is 404 g/mol. The summed E-state index contributed by atoms with van der Waals surface area (Å²) in [6, 6.07) is 9.49. The fourth-order valence-corrected chi connectivity index (χ4v) is 5.37. The minimum atomic E-state index is -3.62. The molecule has 1 amide bonds. The van der Waals surface area contributed by atoms with Crippen LogP contribution in [0, 0.1) is 0 Å². The van der Waals surface area contributed by atoms with Crippen LogP contribution in [0.1, 0.15) is 22.5 Å². The molecule has 28 heavy (non-hydrogen) atoms. The van der Waals surface area contributed by atoms with Crippen LogP contribution in [0.4, 0.5) is 0 Å². The second kappa shape index (κ2) is 8.06. The Labute approximate surface area is 164 Å². The Morgan fingerprint density at radius 3 is 2.39 bits per heavy atom. The van der Waals surface area contributed by atoms with Gasteiger partial charge < -0.3 is 9.32 Å². The third-order valence-corrected chi connectivity index (χ3v) is 7.58. The van der Waals surface area contributed by atoms with Gasteiger partial charge in [-0.15, -0.1) is 0 Å². The van der Waals surface area contributed by atoms with Crippen molar-refractivity contribution in [2.75, 3.05) is 32.4 Å². The molecule has 2 heterocycles. The topological polar surface area (TPSA) is 105 Å². The molecule has 10 heteroatoms. The smallest absolute Gasteiger partial charge is 0.289 e. The molecule has 0 saturated carbocycles. The Bertz CT molecular complexity index is 1040. The molecule has 0 aliphatic carbocycles. The fourth-order valence-electron chi connectivity index (χ4n) is 3.12. The van der Waals surface area contributed by atoms with E-state index in [2.05, 4.69) is 0 Å². The molecule has 1 saturated heterocycles. The number of sulfonamides is 1. The van der Waals surface area contributed by atoms with Crippen molar-refractivity contribution < 1.29 is 26.0 Å². The van der Waals surface area contributed by atoms with Crippen LogP contribution in [0.15, 0.2) is 52.0 Å². The third kappa shape index (κ3) is 4.62. The van der Waals surface area contributed by atoms with Crippen molar-refractivity contribution in [2.45, 2.75) is 17.1 Å². The van der Waals surface area contributed by atoms with Gasteiger partial charge in [-0.1, -0.05) is 18.2 Å². The van der Waals surface area contributed by atoms with Crippen molar-refractivity contribution in [1.29, 1.82) is 0 Å². The normalized spacial score (nSPS) is 16.7. The van der Waals surface area contributed by atoms with E-state index in [1.54, 1.807) is 18.2 Å². The Hall–Kier alpha value is -2.17. The first-order valence-electron chi connectivity index (χ1n) is 8.77. The number of hydrogen-bond donors (Lipinski definition) is 0. The van der Waals surface area contributed by atoms with Crippen molar-refractivity contribution in [3.8, 4) is 0 Å². The van der Waals surface area contributed by atoms with Gasteiger partial charge in [0.1, 0.15) is 0 Å². The average molecular weight is 427 g/mol. The van der Waals surface area contributed by atoms with Gasteiger partial charge in [-0.25, -0.2) is 21.1 Å². The Morgan fingerprint density at radius 2 is 1.71 bits per heavy atom. The zero-order valence-corrected chi connectivity index (χ0v) is 17.1. The molecule has 1 aliphatic rings. The molecule has 8 nitrogen and oxygen atoms in total. The van der Waals surface area contributed by atoms with Crippen LogP contribution in [0.5, 0.6) is 0 Å². The second-order valence-corrected chi connectivity index (χ2v) is 10.6. The quantitative estimate of drug-likeness (QED) is 0.715. The van der Waals surface area contributed by atoms with Gasteiger partial charge >= 0.3 is 0 Å². The summed E-state index contributed by atoms with van der Waals surface area (Å²) < 4.78 is 55.3. The summed E-state index contributed by atoms with van der Waals surface area (Å²) in [5.74, 6) is -0.802. The van der Waals surface area contributed by atoms with Crippen LogP contribution >= 0.6 is 0 Å². The summed E-state index contributed by atoms with van der Waals surface area (Å²) >= 11 is 0. The number of sulfone groups is 1. The monoisotopic (exact) mass is 426 g/mol. The Morgan fingerprint density at radius 1 is 1.00 bits per heavy atom. The molecule has 1 fully saturated rings. The van der Waals surface area contributed by atoms with Crippen molar-refractivity contribution in [1.82, 2.24) is 9.21 Å². The average Bonchev–Trinajstić information content (AvgIpc) is 2.93. The first-order valence-corrected chi connectivity index (χ1v) is 12.3. The van der Waals surface area contributed by atoms with E-state index >= 15 is 0 Å². The van der Waals surface area contributed by atoms with E-state index in [0.29, 0.717) is 19.5 Å². The van der Waals surface area contributed by atoms with Gasteiger partial charge in [-0.3, -0.25) is 4.79 Å². The van der Waals surface area contributed by atoms with Crippen LogP contribution in [-0.2, 0) is 25.6 Å². The zero-order chi connectivity index (χ0) is 20.4. The summed E-state index contributed by atoms with van der Waals surface area (Å²) in [6.07, 6.45) is 2.93. The van der Waals surface area contributed by atoms with Crippen molar-refractivity contribution in [2.24, 2.45) is 0 Å². The molecule has 0 spiro atoms. The number of benzene rings is 1. The summed E-state index contributed by atoms with van der Waals surface area (Å²) in [5.41, 5.74) is 0.290. The Kier molecular flexibility index (Phi) is 5.92. The van der Waals surface area contributed by atoms with E-state index < -0.39 is 25.8 Å². The summed E-state index contributed by atoms with van der Waals surface area (Å²) in [5, 5.41) is 0. The van der Waals surface area contributed by atoms with Gasteiger partial charge in [0.15, 0.2) is 15.6 Å². The van der Waals surface area contributed by atoms with Crippen molar-refractivity contribution >= 4 is 25.8 Å². The Balaban J connectivity index is 1.77. The number of amides is 1. The maximum atomic E-state index is 12.9. The van der Waals surface area contributed by atoms with E-state index in [1.807, 2.05) is 0 Å². The van der Waals surface area contributed by atoms with Crippen LogP contribution in [0.3, 0.4) is 0 Å². The largest absolute Gasteiger partial charge is 0.459 e. The summed E-state index contributed by atoms with van der Waals surface area (Å²) in [7, 11) is -6.95. The molecule has 2 aromatic rings. The van der Waals surface area contributed by atoms with E-state index in [-0.39, 0.29) is 35.1 Å². The van der Waals surface area contributed by atoms with E-state index in [9.17, 15) is 21.6 Å². The molecule has 1 aromatic carbocycles. The molecule has 0 N–H and O–H groups in total. The molecule has 0 unspecified atom stereocenters. The number of rotatable bonds is 5. The molecule has 3 rings (SSSR count). The van der Waals surface area contributed by atoms with Crippen LogP contribution < -0.4 is 0 Å². The van der Waals surface area contributed by atoms with Gasteiger partial charge in [0.25, 0.3) is 5.91 Å². The van der Waals surface area contributed by atoms with Gasteiger partial charge in [-0.2, -0.15) is 0 Å². The van der Waals surface area contributed by atoms with Crippen molar-refractivity contribution in [3.63, 3.8) is 0 Å². The molecule has 0 radical (unpaired) electrons. The lowest BCUT2D eigenvalue weighted by atomic mass is 10.2. The number of hydrogen-bond acceptors (Lipinski definition) is 6. The molecule has 0 bridgehead atoms. The lowest BCUT2D eigenvalue weighted by Crippen LogP contribution is -2.37. The number of carbonyl (C=O) groups is 1. The van der Waals surface area contributed by atoms with Crippen LogP contribution in [-0.4, -0.2) is 64.4 Å². The highest BCUT2D eigenvalue weighted by atomic mass is 32.2. The second-order valence-electron chi connectivity index (χ2n) is 6.65. The van der Waals surface area contributed by atoms with Gasteiger partial charge in [0.05, 0.1) is 23.2 Å². The molecular formula is C18H22N2O6S2. The van der Waals surface area contributed by atoms with E-state index in [4.69, 9.17) is 4.42 Å². The van der Waals surface area contributed by atoms with Crippen LogP contribution in [0.25, 0.3) is 0 Å². The SMILES string of the molecule is CS(=O)(=O)N1CCCN(C(=O)c2occc2CS(=O)(=O)c2ccccc2)CC1. The maximum absolute atomic E-state index is 12.9. The number of carbonyl (C=O) groups excluding carboxylic acids is 1. The van der Waals surface area contributed by atoms with Gasteiger partial charge in [0.2, 0.25) is 10.0 Å². The molecule has 1 aromatic heterocycles. The first-order chi connectivity index (χ1) is 13.2. The highest BCUT2D eigenvalue weighted by molar-refractivity contribution is 7.90. The standard InChI is InChI=1S/C18H22N2O6S2/c1-27(22,23)20-10-5-9-19(11-12-20)18(21)17-15(8-13-26-17)14-28(24,25)16-6-3-2-4-7-16/h2-4,6-8,13H,5,9-12,14H2,1H3. The van der Waals surface area contributed by atoms with E-state index in [1.165, 1.54) is 33.7 Å². The first kappa shape index (κ1) is 20.6. The predicted molar refractivity (Wildman–Crippen MR) is 103 cm³/mol. The minimum absolute atomic E-state index is 0.0210. The third-order valence-electron chi connectivity index (χ3n) is 4.60. The lowest BCUT2D eigenvalue weighted by Gasteiger charge is -2.20. The maximum Gasteiger partial charge on any atom is 0.289 e. The molecule has 1 aliphatic heterocycles. The predicted octanol–water partition coefficient (Wildman–Crippen LogP) is 1.36.